The van der Waals surface area contributed by atoms with Gasteiger partial charge in [0.15, 0.2) is 0 Å². The lowest BCUT2D eigenvalue weighted by Gasteiger charge is -2.43. The molecule has 2 unspecified atom stereocenters. The monoisotopic (exact) mass is 257 g/mol. The van der Waals surface area contributed by atoms with Gasteiger partial charge in [-0.25, -0.2) is 9.67 Å². The summed E-state index contributed by atoms with van der Waals surface area (Å²) in [7, 11) is 0. The highest BCUT2D eigenvalue weighted by molar-refractivity contribution is 5.25. The lowest BCUT2D eigenvalue weighted by Crippen LogP contribution is -2.43. The summed E-state index contributed by atoms with van der Waals surface area (Å²) in [5, 5.41) is 4.33. The van der Waals surface area contributed by atoms with Crippen LogP contribution < -0.4 is 0 Å². The van der Waals surface area contributed by atoms with Crippen molar-refractivity contribution in [2.24, 2.45) is 0 Å². The molecule has 3 rings (SSSR count). The zero-order valence-corrected chi connectivity index (χ0v) is 11.2. The lowest BCUT2D eigenvalue weighted by atomic mass is 9.80. The van der Waals surface area contributed by atoms with Crippen molar-refractivity contribution >= 4 is 0 Å². The van der Waals surface area contributed by atoms with Gasteiger partial charge in [-0.05, 0) is 24.8 Å². The highest BCUT2D eigenvalue weighted by Gasteiger charge is 2.43. The van der Waals surface area contributed by atoms with Crippen LogP contribution in [0.25, 0.3) is 0 Å². The average Bonchev–Trinajstić information content (AvgIpc) is 3.02. The standard InChI is InChI=1S/C15H19N3O/c1-2-15(13-7-4-3-5-8-13)14(9-6-10-19-15)18-12-16-11-17-18/h3-5,7-8,11-12,14H,2,6,9-10H2,1H3. The molecule has 0 bridgehead atoms. The number of rotatable bonds is 3. The van der Waals surface area contributed by atoms with Crippen molar-refractivity contribution in [3.05, 3.63) is 48.5 Å². The molecule has 0 saturated carbocycles. The van der Waals surface area contributed by atoms with Crippen LogP contribution in [0.1, 0.15) is 37.8 Å². The van der Waals surface area contributed by atoms with Gasteiger partial charge < -0.3 is 4.74 Å². The molecule has 2 heterocycles. The van der Waals surface area contributed by atoms with Crippen molar-refractivity contribution in [3.63, 3.8) is 0 Å². The minimum Gasteiger partial charge on any atom is -0.368 e. The van der Waals surface area contributed by atoms with E-state index in [1.54, 1.807) is 12.7 Å². The van der Waals surface area contributed by atoms with Gasteiger partial charge in [-0.1, -0.05) is 37.3 Å². The van der Waals surface area contributed by atoms with Crippen molar-refractivity contribution in [3.8, 4) is 0 Å². The predicted molar refractivity (Wildman–Crippen MR) is 72.7 cm³/mol. The van der Waals surface area contributed by atoms with Crippen LogP contribution >= 0.6 is 0 Å². The first-order chi connectivity index (χ1) is 9.37. The number of hydrogen-bond donors (Lipinski definition) is 0. The Kier molecular flexibility index (Phi) is 3.34. The van der Waals surface area contributed by atoms with Crippen LogP contribution in [0.4, 0.5) is 0 Å². The third-order valence-corrected chi connectivity index (χ3v) is 4.06. The van der Waals surface area contributed by atoms with Crippen molar-refractivity contribution in [2.45, 2.75) is 37.8 Å². The molecular weight excluding hydrogens is 238 g/mol. The summed E-state index contributed by atoms with van der Waals surface area (Å²) in [4.78, 5) is 4.09. The van der Waals surface area contributed by atoms with E-state index in [0.29, 0.717) is 0 Å². The molecule has 2 atom stereocenters. The minimum absolute atomic E-state index is 0.219. The van der Waals surface area contributed by atoms with Crippen molar-refractivity contribution in [1.29, 1.82) is 0 Å². The smallest absolute Gasteiger partial charge is 0.137 e. The normalized spacial score (nSPS) is 27.3. The Morgan fingerprint density at radius 1 is 1.37 bits per heavy atom. The van der Waals surface area contributed by atoms with Crippen LogP contribution in [0.5, 0.6) is 0 Å². The second kappa shape index (κ2) is 5.13. The van der Waals surface area contributed by atoms with Crippen molar-refractivity contribution < 1.29 is 4.74 Å². The maximum Gasteiger partial charge on any atom is 0.137 e. The van der Waals surface area contributed by atoms with E-state index in [4.69, 9.17) is 4.74 Å². The topological polar surface area (TPSA) is 39.9 Å². The van der Waals surface area contributed by atoms with E-state index in [2.05, 4.69) is 41.3 Å². The Morgan fingerprint density at radius 2 is 2.21 bits per heavy atom. The first-order valence-corrected chi connectivity index (χ1v) is 6.90. The Balaban J connectivity index is 2.06. The van der Waals surface area contributed by atoms with E-state index in [1.165, 1.54) is 5.56 Å². The van der Waals surface area contributed by atoms with Gasteiger partial charge in [0, 0.05) is 6.61 Å². The van der Waals surface area contributed by atoms with Gasteiger partial charge in [0.2, 0.25) is 0 Å². The summed E-state index contributed by atoms with van der Waals surface area (Å²) in [6, 6.07) is 10.7. The zero-order chi connectivity index (χ0) is 13.1. The molecule has 1 aromatic heterocycles. The van der Waals surface area contributed by atoms with E-state index < -0.39 is 0 Å². The molecule has 4 nitrogen and oxygen atoms in total. The molecule has 0 spiro atoms. The summed E-state index contributed by atoms with van der Waals surface area (Å²) in [6.07, 6.45) is 6.47. The van der Waals surface area contributed by atoms with Gasteiger partial charge in [0.25, 0.3) is 0 Å². The van der Waals surface area contributed by atoms with E-state index in [-0.39, 0.29) is 11.6 Å². The summed E-state index contributed by atoms with van der Waals surface area (Å²) < 4.78 is 8.20. The summed E-state index contributed by atoms with van der Waals surface area (Å²) >= 11 is 0. The minimum atomic E-state index is -0.285. The third kappa shape index (κ3) is 2.06. The maximum absolute atomic E-state index is 6.25. The molecule has 2 aromatic rings. The molecule has 1 fully saturated rings. The molecular formula is C15H19N3O. The van der Waals surface area contributed by atoms with Gasteiger partial charge >= 0.3 is 0 Å². The number of nitrogens with zero attached hydrogens (tertiary/aromatic N) is 3. The van der Waals surface area contributed by atoms with Crippen LogP contribution in [0.3, 0.4) is 0 Å². The molecule has 100 valence electrons. The van der Waals surface area contributed by atoms with E-state index in [9.17, 15) is 0 Å². The van der Waals surface area contributed by atoms with Crippen LogP contribution in [-0.2, 0) is 10.3 Å². The fourth-order valence-corrected chi connectivity index (χ4v) is 3.12. The highest BCUT2D eigenvalue weighted by atomic mass is 16.5. The second-order valence-corrected chi connectivity index (χ2v) is 4.99. The molecule has 1 aliphatic rings. The van der Waals surface area contributed by atoms with Gasteiger partial charge in [0.05, 0.1) is 6.04 Å². The summed E-state index contributed by atoms with van der Waals surface area (Å²) in [5.74, 6) is 0. The van der Waals surface area contributed by atoms with E-state index >= 15 is 0 Å². The molecule has 19 heavy (non-hydrogen) atoms. The molecule has 0 aliphatic carbocycles. The van der Waals surface area contributed by atoms with Crippen molar-refractivity contribution in [1.82, 2.24) is 14.8 Å². The molecule has 0 amide bonds. The van der Waals surface area contributed by atoms with Gasteiger partial charge in [-0.2, -0.15) is 5.10 Å². The predicted octanol–water partition coefficient (Wildman–Crippen LogP) is 2.94. The SMILES string of the molecule is CCC1(c2ccccc2)OCCCC1n1cncn1. The zero-order valence-electron chi connectivity index (χ0n) is 11.2. The largest absolute Gasteiger partial charge is 0.368 e. The number of hydrogen-bond acceptors (Lipinski definition) is 3. The maximum atomic E-state index is 6.25. The molecule has 0 radical (unpaired) electrons. The third-order valence-electron chi connectivity index (χ3n) is 4.06. The molecule has 1 saturated heterocycles. The molecule has 4 heteroatoms. The number of benzene rings is 1. The Bertz CT molecular complexity index is 511. The Morgan fingerprint density at radius 3 is 2.89 bits per heavy atom. The fourth-order valence-electron chi connectivity index (χ4n) is 3.12. The summed E-state index contributed by atoms with van der Waals surface area (Å²) in [5.41, 5.74) is 0.949. The fraction of sp³-hybridized carbons (Fsp3) is 0.467. The van der Waals surface area contributed by atoms with E-state index in [1.807, 2.05) is 10.7 Å². The van der Waals surface area contributed by atoms with E-state index in [0.717, 1.165) is 25.9 Å². The van der Waals surface area contributed by atoms with Crippen LogP contribution in [0.2, 0.25) is 0 Å². The van der Waals surface area contributed by atoms with Gasteiger partial charge in [-0.15, -0.1) is 0 Å². The first kappa shape index (κ1) is 12.4. The number of ether oxygens (including phenoxy) is 1. The van der Waals surface area contributed by atoms with Crippen molar-refractivity contribution in [2.75, 3.05) is 6.61 Å². The molecule has 0 N–H and O–H groups in total. The first-order valence-electron chi connectivity index (χ1n) is 6.90. The van der Waals surface area contributed by atoms with Crippen LogP contribution in [0.15, 0.2) is 43.0 Å². The molecule has 1 aromatic carbocycles. The summed E-state index contributed by atoms with van der Waals surface area (Å²) in [6.45, 7) is 3.00. The van der Waals surface area contributed by atoms with Gasteiger partial charge in [0.1, 0.15) is 18.3 Å². The number of aromatic nitrogens is 3. The quantitative estimate of drug-likeness (QED) is 0.848. The average molecular weight is 257 g/mol. The molecule has 1 aliphatic heterocycles. The lowest BCUT2D eigenvalue weighted by molar-refractivity contribution is -0.125. The second-order valence-electron chi connectivity index (χ2n) is 4.99. The van der Waals surface area contributed by atoms with Gasteiger partial charge in [-0.3, -0.25) is 0 Å². The highest BCUT2D eigenvalue weighted by Crippen LogP contribution is 2.45. The Labute approximate surface area is 113 Å². The van der Waals surface area contributed by atoms with Crippen LogP contribution in [-0.4, -0.2) is 21.4 Å². The van der Waals surface area contributed by atoms with Crippen LogP contribution in [0, 0.1) is 0 Å². The Hall–Kier alpha value is -1.68.